The monoisotopic (exact) mass is 189 g/mol. The lowest BCUT2D eigenvalue weighted by molar-refractivity contribution is -0.120. The zero-order valence-electron chi connectivity index (χ0n) is 7.69. The number of para-hydroxylation sites is 1. The molecule has 0 spiro atoms. The Labute approximate surface area is 82.1 Å². The van der Waals surface area contributed by atoms with Gasteiger partial charge in [-0.1, -0.05) is 18.2 Å². The zero-order chi connectivity index (χ0) is 9.54. The molecule has 0 bridgehead atoms. The summed E-state index contributed by atoms with van der Waals surface area (Å²) in [6.45, 7) is 1.24. The number of hydrogen-bond donors (Lipinski definition) is 1. The Hall–Kier alpha value is -1.35. The highest BCUT2D eigenvalue weighted by Gasteiger charge is 2.39. The zero-order valence-corrected chi connectivity index (χ0v) is 7.69. The average molecular weight is 189 g/mol. The number of amides is 1. The van der Waals surface area contributed by atoms with Crippen molar-refractivity contribution in [3.63, 3.8) is 0 Å². The van der Waals surface area contributed by atoms with Crippen LogP contribution < -0.4 is 5.32 Å². The highest BCUT2D eigenvalue weighted by atomic mass is 16.5. The predicted molar refractivity (Wildman–Crippen MR) is 52.1 cm³/mol. The van der Waals surface area contributed by atoms with Gasteiger partial charge in [-0.05, 0) is 11.6 Å². The van der Waals surface area contributed by atoms with Crippen LogP contribution in [0, 0.1) is 5.92 Å². The third-order valence-corrected chi connectivity index (χ3v) is 3.04. The number of carbonyl (C=O) groups is 1. The van der Waals surface area contributed by atoms with E-state index in [4.69, 9.17) is 4.74 Å². The number of ether oxygens (including phenoxy) is 1. The summed E-state index contributed by atoms with van der Waals surface area (Å²) in [7, 11) is 0. The highest BCUT2D eigenvalue weighted by molar-refractivity contribution is 5.96. The number of nitrogens with one attached hydrogen (secondary N) is 1. The van der Waals surface area contributed by atoms with Gasteiger partial charge in [0.15, 0.2) is 0 Å². The van der Waals surface area contributed by atoms with Gasteiger partial charge in [-0.2, -0.15) is 0 Å². The molecule has 1 amide bonds. The molecule has 1 saturated heterocycles. The minimum atomic E-state index is 0.0184. The largest absolute Gasteiger partial charge is 0.380 e. The molecule has 2 unspecified atom stereocenters. The molecule has 0 aromatic heterocycles. The fraction of sp³-hybridized carbons (Fsp3) is 0.364. The lowest BCUT2D eigenvalue weighted by atomic mass is 9.84. The fourth-order valence-electron chi connectivity index (χ4n) is 2.28. The van der Waals surface area contributed by atoms with Crippen molar-refractivity contribution < 1.29 is 9.53 Å². The van der Waals surface area contributed by atoms with E-state index in [1.165, 1.54) is 5.56 Å². The molecule has 1 aromatic rings. The molecule has 1 fully saturated rings. The summed E-state index contributed by atoms with van der Waals surface area (Å²) < 4.78 is 5.36. The van der Waals surface area contributed by atoms with Crippen LogP contribution in [0.5, 0.6) is 0 Å². The van der Waals surface area contributed by atoms with Crippen LogP contribution in [0.25, 0.3) is 0 Å². The van der Waals surface area contributed by atoms with Crippen LogP contribution in [0.15, 0.2) is 24.3 Å². The van der Waals surface area contributed by atoms with E-state index >= 15 is 0 Å². The maximum Gasteiger partial charge on any atom is 0.230 e. The molecule has 72 valence electrons. The average Bonchev–Trinajstić information content (AvgIpc) is 2.67. The molecule has 0 aliphatic carbocycles. The van der Waals surface area contributed by atoms with Crippen LogP contribution in [0.4, 0.5) is 5.69 Å². The van der Waals surface area contributed by atoms with Crippen LogP contribution in [-0.4, -0.2) is 19.1 Å². The van der Waals surface area contributed by atoms with E-state index < -0.39 is 0 Å². The molecule has 3 heteroatoms. The number of anilines is 1. The Morgan fingerprint density at radius 3 is 2.93 bits per heavy atom. The lowest BCUT2D eigenvalue weighted by Gasteiger charge is -2.26. The lowest BCUT2D eigenvalue weighted by Crippen LogP contribution is -2.32. The number of rotatable bonds is 0. The first-order valence-electron chi connectivity index (χ1n) is 4.84. The molecule has 1 aromatic carbocycles. The van der Waals surface area contributed by atoms with Gasteiger partial charge in [0.25, 0.3) is 0 Å². The molecule has 0 radical (unpaired) electrons. The molecule has 3 nitrogen and oxygen atoms in total. The van der Waals surface area contributed by atoms with E-state index in [0.29, 0.717) is 13.2 Å². The van der Waals surface area contributed by atoms with Crippen molar-refractivity contribution in [1.82, 2.24) is 0 Å². The van der Waals surface area contributed by atoms with Gasteiger partial charge in [0.05, 0.1) is 19.1 Å². The van der Waals surface area contributed by atoms with E-state index in [1.807, 2.05) is 18.2 Å². The summed E-state index contributed by atoms with van der Waals surface area (Å²) in [5, 5.41) is 2.91. The van der Waals surface area contributed by atoms with Gasteiger partial charge in [-0.25, -0.2) is 0 Å². The third-order valence-electron chi connectivity index (χ3n) is 3.04. The Morgan fingerprint density at radius 1 is 1.21 bits per heavy atom. The Balaban J connectivity index is 2.11. The van der Waals surface area contributed by atoms with Crippen molar-refractivity contribution in [2.45, 2.75) is 5.92 Å². The number of carbonyl (C=O) groups excluding carboxylic acids is 1. The van der Waals surface area contributed by atoms with Crippen molar-refractivity contribution in [3.8, 4) is 0 Å². The predicted octanol–water partition coefficient (Wildman–Crippen LogP) is 1.37. The molecule has 14 heavy (non-hydrogen) atoms. The van der Waals surface area contributed by atoms with E-state index in [1.54, 1.807) is 0 Å². The number of benzene rings is 1. The summed E-state index contributed by atoms with van der Waals surface area (Å²) in [5.41, 5.74) is 2.17. The molecule has 2 atom stereocenters. The SMILES string of the molecule is O=C1Nc2ccccc2C2COCC12. The van der Waals surface area contributed by atoms with Crippen molar-refractivity contribution in [3.05, 3.63) is 29.8 Å². The summed E-state index contributed by atoms with van der Waals surface area (Å²) in [4.78, 5) is 11.6. The topological polar surface area (TPSA) is 38.3 Å². The van der Waals surface area contributed by atoms with Crippen LogP contribution in [-0.2, 0) is 9.53 Å². The first-order chi connectivity index (χ1) is 6.86. The van der Waals surface area contributed by atoms with Gasteiger partial charge >= 0.3 is 0 Å². The standard InChI is InChI=1S/C11H11NO2/c13-11-9-6-14-5-8(9)7-3-1-2-4-10(7)12-11/h1-4,8-9H,5-6H2,(H,12,13). The van der Waals surface area contributed by atoms with Gasteiger partial charge in [0, 0.05) is 11.6 Å². The second-order valence-electron chi connectivity index (χ2n) is 3.83. The van der Waals surface area contributed by atoms with Crippen molar-refractivity contribution in [2.24, 2.45) is 5.92 Å². The Bertz CT molecular complexity index is 389. The summed E-state index contributed by atoms with van der Waals surface area (Å²) >= 11 is 0. The van der Waals surface area contributed by atoms with Crippen molar-refractivity contribution >= 4 is 11.6 Å². The molecule has 0 saturated carbocycles. The molecule has 3 rings (SSSR count). The smallest absolute Gasteiger partial charge is 0.230 e. The molecule has 1 N–H and O–H groups in total. The molecule has 2 heterocycles. The third kappa shape index (κ3) is 0.990. The van der Waals surface area contributed by atoms with Gasteiger partial charge in [0.1, 0.15) is 0 Å². The van der Waals surface area contributed by atoms with E-state index in [2.05, 4.69) is 11.4 Å². The molecule has 2 aliphatic heterocycles. The summed E-state index contributed by atoms with van der Waals surface area (Å²) in [6, 6.07) is 7.96. The minimum Gasteiger partial charge on any atom is -0.380 e. The van der Waals surface area contributed by atoms with Crippen LogP contribution in [0.2, 0.25) is 0 Å². The van der Waals surface area contributed by atoms with E-state index in [9.17, 15) is 4.79 Å². The fourth-order valence-corrected chi connectivity index (χ4v) is 2.28. The van der Waals surface area contributed by atoms with E-state index in [-0.39, 0.29) is 17.7 Å². The second-order valence-corrected chi connectivity index (χ2v) is 3.83. The van der Waals surface area contributed by atoms with Crippen molar-refractivity contribution in [1.29, 1.82) is 0 Å². The highest BCUT2D eigenvalue weighted by Crippen LogP contribution is 2.39. The van der Waals surface area contributed by atoms with Gasteiger partial charge in [0.2, 0.25) is 5.91 Å². The Kier molecular flexibility index (Phi) is 1.61. The van der Waals surface area contributed by atoms with Gasteiger partial charge in [-0.3, -0.25) is 4.79 Å². The first kappa shape index (κ1) is 8.00. The van der Waals surface area contributed by atoms with Gasteiger partial charge < -0.3 is 10.1 Å². The first-order valence-corrected chi connectivity index (χ1v) is 4.84. The van der Waals surface area contributed by atoms with Crippen molar-refractivity contribution in [2.75, 3.05) is 18.5 Å². The van der Waals surface area contributed by atoms with Crippen LogP contribution >= 0.6 is 0 Å². The molecule has 2 aliphatic rings. The quantitative estimate of drug-likeness (QED) is 0.669. The van der Waals surface area contributed by atoms with Gasteiger partial charge in [-0.15, -0.1) is 0 Å². The molecular weight excluding hydrogens is 178 g/mol. The maximum absolute atomic E-state index is 11.6. The second kappa shape index (κ2) is 2.82. The summed E-state index contributed by atoms with van der Waals surface area (Å²) in [6.07, 6.45) is 0. The van der Waals surface area contributed by atoms with E-state index in [0.717, 1.165) is 5.69 Å². The minimum absolute atomic E-state index is 0.0184. The maximum atomic E-state index is 11.6. The Morgan fingerprint density at radius 2 is 2.00 bits per heavy atom. The normalized spacial score (nSPS) is 29.3. The summed E-state index contributed by atoms with van der Waals surface area (Å²) in [5.74, 6) is 0.385. The van der Waals surface area contributed by atoms with Crippen LogP contribution in [0.3, 0.4) is 0 Å². The number of hydrogen-bond acceptors (Lipinski definition) is 2. The number of fused-ring (bicyclic) bond motifs is 3. The molecular formula is C11H11NO2. The van der Waals surface area contributed by atoms with Crippen LogP contribution in [0.1, 0.15) is 11.5 Å².